The van der Waals surface area contributed by atoms with Gasteiger partial charge in [-0.05, 0) is 43.4 Å². The third-order valence-electron chi connectivity index (χ3n) is 6.19. The summed E-state index contributed by atoms with van der Waals surface area (Å²) in [6.07, 6.45) is 3.91. The van der Waals surface area contributed by atoms with Crippen LogP contribution in [0.5, 0.6) is 0 Å². The number of ether oxygens (including phenoxy) is 1. The van der Waals surface area contributed by atoms with E-state index in [4.69, 9.17) is 21.3 Å². The second-order valence-corrected chi connectivity index (χ2v) is 9.19. The van der Waals surface area contributed by atoms with Gasteiger partial charge in [0.2, 0.25) is 0 Å². The third-order valence-corrected chi connectivity index (χ3v) is 6.19. The molecule has 0 spiro atoms. The number of nitrogens with two attached hydrogens (primary N) is 2. The van der Waals surface area contributed by atoms with Gasteiger partial charge in [0.05, 0.1) is 22.2 Å². The number of hydrogen-bond acceptors (Lipinski definition) is 6. The van der Waals surface area contributed by atoms with Gasteiger partial charge < -0.3 is 25.2 Å². The molecule has 1 saturated heterocycles. The van der Waals surface area contributed by atoms with Crippen LogP contribution in [-0.4, -0.2) is 55.6 Å². The monoisotopic (exact) mass is 419 g/mol. The van der Waals surface area contributed by atoms with Crippen LogP contribution in [0.4, 0.5) is 0 Å². The molecular weight excluding hydrogens is 388 g/mol. The second kappa shape index (κ2) is 8.22. The van der Waals surface area contributed by atoms with Gasteiger partial charge in [-0.2, -0.15) is 0 Å². The van der Waals surface area contributed by atoms with Gasteiger partial charge in [-0.15, -0.1) is 0 Å². The summed E-state index contributed by atoms with van der Waals surface area (Å²) in [6.45, 7) is 4.33. The van der Waals surface area contributed by atoms with Crippen LogP contribution in [0.2, 0.25) is 0 Å². The van der Waals surface area contributed by atoms with E-state index in [1.165, 1.54) is 5.01 Å². The molecule has 1 aliphatic heterocycles. The molecule has 1 aromatic carbocycles. The fraction of sp³-hybridized carbons (Fsp3) is 0.409. The first-order chi connectivity index (χ1) is 14.7. The van der Waals surface area contributed by atoms with E-state index in [0.717, 1.165) is 71.4 Å². The first kappa shape index (κ1) is 21.7. The fourth-order valence-electron chi connectivity index (χ4n) is 4.55. The molecule has 162 valence electrons. The molecule has 0 radical (unpaired) electrons. The van der Waals surface area contributed by atoms with Crippen LogP contribution in [0.25, 0.3) is 27.6 Å². The largest absolute Gasteiger partial charge is 0.403 e. The lowest BCUT2D eigenvalue weighted by molar-refractivity contribution is 0.0619. The van der Waals surface area contributed by atoms with Crippen molar-refractivity contribution in [3.63, 3.8) is 0 Å². The van der Waals surface area contributed by atoms with Crippen LogP contribution in [-0.2, 0) is 16.7 Å². The second-order valence-electron chi connectivity index (χ2n) is 9.19. The van der Waals surface area contributed by atoms with Crippen molar-refractivity contribution in [2.24, 2.45) is 17.5 Å². The van der Waals surface area contributed by atoms with Gasteiger partial charge >= 0.3 is 0 Å². The molecular formula is C22H31B2N5O2. The van der Waals surface area contributed by atoms with Crippen LogP contribution in [0.3, 0.4) is 0 Å². The lowest BCUT2D eigenvalue weighted by Gasteiger charge is -2.24. The highest BCUT2D eigenvalue weighted by atomic mass is 16.5. The standard InChI is InChI=1S/C22H31B2N5O2/c1-13(25)21(28(2)26)15-9-19-20(27-11-15)17-4-3-16(22(23,24)30)10-18(17)29(19)12-14-5-7-31-8-6-14/h3-4,9-11,14,30H,5-8,12,23-26H2,1-2H3/b21-13-. The zero-order chi connectivity index (χ0) is 22.3. The van der Waals surface area contributed by atoms with Gasteiger partial charge in [0, 0.05) is 55.0 Å². The molecule has 0 aliphatic carbocycles. The van der Waals surface area contributed by atoms with E-state index < -0.39 is 5.40 Å². The molecule has 1 aliphatic rings. The zero-order valence-corrected chi connectivity index (χ0v) is 18.9. The van der Waals surface area contributed by atoms with Crippen molar-refractivity contribution in [3.05, 3.63) is 47.3 Å². The van der Waals surface area contributed by atoms with Crippen LogP contribution in [0, 0.1) is 5.92 Å². The predicted octanol–water partition coefficient (Wildman–Crippen LogP) is 0.438. The maximum Gasteiger partial charge on any atom is 0.137 e. The average Bonchev–Trinajstić information content (AvgIpc) is 3.00. The summed E-state index contributed by atoms with van der Waals surface area (Å²) >= 11 is 0. The van der Waals surface area contributed by atoms with Crippen molar-refractivity contribution in [1.29, 1.82) is 0 Å². The molecule has 3 aromatic rings. The molecule has 3 heterocycles. The topological polar surface area (TPSA) is 103 Å². The molecule has 0 bridgehead atoms. The van der Waals surface area contributed by atoms with Crippen molar-refractivity contribution < 1.29 is 9.84 Å². The molecule has 0 saturated carbocycles. The van der Waals surface area contributed by atoms with Crippen molar-refractivity contribution in [2.75, 3.05) is 20.3 Å². The quantitative estimate of drug-likeness (QED) is 0.315. The van der Waals surface area contributed by atoms with E-state index in [1.807, 2.05) is 34.9 Å². The highest BCUT2D eigenvalue weighted by Crippen LogP contribution is 2.33. The average molecular weight is 419 g/mol. The number of pyridine rings is 1. The van der Waals surface area contributed by atoms with E-state index in [0.29, 0.717) is 11.6 Å². The maximum atomic E-state index is 10.6. The van der Waals surface area contributed by atoms with E-state index >= 15 is 0 Å². The Balaban J connectivity index is 1.95. The predicted molar refractivity (Wildman–Crippen MR) is 130 cm³/mol. The number of aromatic nitrogens is 2. The number of hydrazine groups is 1. The third kappa shape index (κ3) is 4.18. The molecule has 2 aromatic heterocycles. The molecule has 0 atom stereocenters. The van der Waals surface area contributed by atoms with Crippen molar-refractivity contribution in [1.82, 2.24) is 14.6 Å². The summed E-state index contributed by atoms with van der Waals surface area (Å²) < 4.78 is 7.91. The minimum absolute atomic E-state index is 0.533. The molecule has 0 unspecified atom stereocenters. The minimum atomic E-state index is -0.915. The Kier molecular flexibility index (Phi) is 5.77. The molecule has 9 heteroatoms. The number of allylic oxidation sites excluding steroid dienone is 1. The van der Waals surface area contributed by atoms with E-state index in [9.17, 15) is 5.11 Å². The van der Waals surface area contributed by atoms with Gasteiger partial charge in [-0.3, -0.25) is 4.98 Å². The Morgan fingerprint density at radius 2 is 2.00 bits per heavy atom. The van der Waals surface area contributed by atoms with Crippen LogP contribution < -0.4 is 11.6 Å². The molecule has 1 fully saturated rings. The molecule has 4 rings (SSSR count). The van der Waals surface area contributed by atoms with E-state index in [1.54, 1.807) is 7.05 Å². The Hall–Kier alpha value is -2.48. The number of aliphatic hydroxyl groups is 1. The Labute approximate surface area is 184 Å². The summed E-state index contributed by atoms with van der Waals surface area (Å²) in [4.78, 5) is 4.82. The highest BCUT2D eigenvalue weighted by Gasteiger charge is 2.22. The van der Waals surface area contributed by atoms with E-state index in [-0.39, 0.29) is 0 Å². The van der Waals surface area contributed by atoms with Crippen LogP contribution >= 0.6 is 0 Å². The molecule has 5 N–H and O–H groups in total. The maximum absolute atomic E-state index is 10.6. The zero-order valence-electron chi connectivity index (χ0n) is 18.9. The van der Waals surface area contributed by atoms with Gasteiger partial charge in [0.1, 0.15) is 15.7 Å². The fourth-order valence-corrected chi connectivity index (χ4v) is 4.55. The number of benzene rings is 1. The summed E-state index contributed by atoms with van der Waals surface area (Å²) in [5.74, 6) is 6.60. The smallest absolute Gasteiger partial charge is 0.137 e. The van der Waals surface area contributed by atoms with E-state index in [2.05, 4.69) is 22.8 Å². The normalized spacial score (nSPS) is 16.6. The summed E-state index contributed by atoms with van der Waals surface area (Å²) in [7, 11) is 5.41. The van der Waals surface area contributed by atoms with Crippen LogP contribution in [0.1, 0.15) is 30.9 Å². The number of hydrogen-bond donors (Lipinski definition) is 3. The Bertz CT molecular complexity index is 1140. The molecule has 31 heavy (non-hydrogen) atoms. The lowest BCUT2D eigenvalue weighted by Crippen LogP contribution is -2.26. The van der Waals surface area contributed by atoms with Gasteiger partial charge in [0.25, 0.3) is 0 Å². The van der Waals surface area contributed by atoms with Gasteiger partial charge in [-0.1, -0.05) is 12.1 Å². The first-order valence-electron chi connectivity index (χ1n) is 10.8. The van der Waals surface area contributed by atoms with Gasteiger partial charge in [-0.25, -0.2) is 5.84 Å². The first-order valence-corrected chi connectivity index (χ1v) is 10.8. The number of nitrogens with zero attached hydrogens (tertiary/aromatic N) is 3. The van der Waals surface area contributed by atoms with Gasteiger partial charge in [0.15, 0.2) is 0 Å². The lowest BCUT2D eigenvalue weighted by atomic mass is 9.61. The molecule has 7 nitrogen and oxygen atoms in total. The summed E-state index contributed by atoms with van der Waals surface area (Å²) in [5.41, 5.74) is 12.4. The highest BCUT2D eigenvalue weighted by molar-refractivity contribution is 6.38. The number of fused-ring (bicyclic) bond motifs is 3. The minimum Gasteiger partial charge on any atom is -0.403 e. The van der Waals surface area contributed by atoms with Crippen LogP contribution in [0.15, 0.2) is 36.2 Å². The van der Waals surface area contributed by atoms with Crippen molar-refractivity contribution in [2.45, 2.75) is 31.7 Å². The SMILES string of the molecule is BC(B)(O)c1ccc2c3ncc(/C(=C(\C)N)N(C)N)cc3n(CC3CCOCC3)c2c1. The summed E-state index contributed by atoms with van der Waals surface area (Å²) in [5, 5.41) is 12.3. The van der Waals surface area contributed by atoms with Crippen molar-refractivity contribution >= 4 is 43.3 Å². The Morgan fingerprint density at radius 3 is 2.61 bits per heavy atom. The Morgan fingerprint density at radius 1 is 1.29 bits per heavy atom. The van der Waals surface area contributed by atoms with Crippen molar-refractivity contribution in [3.8, 4) is 0 Å². The number of rotatable bonds is 5. The summed E-state index contributed by atoms with van der Waals surface area (Å²) in [6, 6.07) is 8.27. The molecule has 0 amide bonds.